The Bertz CT molecular complexity index is 3530. The standard InChI is InChI=1S/C67H98N18O17S/c1-39(2)27-50(65(100)78-48(61(69)96)17-26-103-6)79-66(101)52(30-45-32-70-38-73-45)77-55(88)33-72-67(102)60(40(3)4)81-62(97)41(5)74-64(99)51(29-43-31-71-47-10-8-7-9-46(43)47)80-63(98)49(15-16-53(68)86)76-54(87)28-42-11-13-44(14-12-42)75-56(89)34-82-18-20-83(35-57(90)91)22-24-85(37-59(94)95)25-23-84(21-19-82)36-58(92)93/h7-14,31-32,38-41,48-52,60,71H,15-30,33-37H2,1-6H3,(H2,68,86)(H2,69,96)(H,70,73)(H,72,102)(H,74,99)(H,75,89)(H,76,87)(H,77,88)(H,78,100)(H,79,101)(H,80,98)(H,81,97)(H,90,91)(H,92,93)(H,94,95)/t41-,48-,49-,50-,51-,52-,60-/m0/s1. The number of carboxylic acids is 3. The van der Waals surface area contributed by atoms with E-state index in [-0.39, 0.29) is 129 Å². The molecule has 0 saturated carbocycles. The number of carboxylic acid groups (broad SMARTS) is 3. The number of aromatic nitrogens is 3. The predicted octanol–water partition coefficient (Wildman–Crippen LogP) is -2.93. The molecule has 18 N–H and O–H groups in total. The molecule has 36 heteroatoms. The van der Waals surface area contributed by atoms with E-state index in [4.69, 9.17) is 11.5 Å². The molecule has 0 bridgehead atoms. The van der Waals surface area contributed by atoms with Crippen LogP contribution in [0.4, 0.5) is 5.69 Å². The molecule has 103 heavy (non-hydrogen) atoms. The van der Waals surface area contributed by atoms with Crippen molar-refractivity contribution < 1.29 is 82.4 Å². The lowest BCUT2D eigenvalue weighted by molar-refractivity contribution is -0.140. The summed E-state index contributed by atoms with van der Waals surface area (Å²) in [5.74, 6) is -11.8. The number of anilines is 1. The molecule has 0 unspecified atom stereocenters. The van der Waals surface area contributed by atoms with E-state index in [0.29, 0.717) is 39.2 Å². The molecule has 1 aliphatic rings. The number of imidazole rings is 1. The second-order valence-corrected chi connectivity index (χ2v) is 27.0. The molecular weight excluding hydrogens is 1360 g/mol. The largest absolute Gasteiger partial charge is 0.480 e. The first kappa shape index (κ1) is 83.6. The van der Waals surface area contributed by atoms with Crippen molar-refractivity contribution in [1.29, 1.82) is 0 Å². The fourth-order valence-electron chi connectivity index (χ4n) is 11.2. The van der Waals surface area contributed by atoms with Gasteiger partial charge in [-0.05, 0) is 79.4 Å². The van der Waals surface area contributed by atoms with Crippen molar-refractivity contribution in [3.63, 3.8) is 0 Å². The van der Waals surface area contributed by atoms with Crippen molar-refractivity contribution in [2.45, 2.75) is 122 Å². The van der Waals surface area contributed by atoms with E-state index < -0.39 is 138 Å². The Balaban J connectivity index is 1.23. The Morgan fingerprint density at radius 1 is 0.553 bits per heavy atom. The number of rotatable bonds is 40. The summed E-state index contributed by atoms with van der Waals surface area (Å²) in [7, 11) is 0. The van der Waals surface area contributed by atoms with Crippen LogP contribution in [-0.4, -0.2) is 272 Å². The van der Waals surface area contributed by atoms with Gasteiger partial charge >= 0.3 is 17.9 Å². The van der Waals surface area contributed by atoms with Crippen molar-refractivity contribution in [3.8, 4) is 0 Å². The number of fused-ring (bicyclic) bond motifs is 1. The van der Waals surface area contributed by atoms with Gasteiger partial charge in [0, 0.05) is 106 Å². The number of amides is 11. The molecule has 7 atom stereocenters. The average molecular weight is 1460 g/mol. The second kappa shape index (κ2) is 42.4. The highest BCUT2D eigenvalue weighted by Crippen LogP contribution is 2.20. The zero-order valence-corrected chi connectivity index (χ0v) is 59.6. The highest BCUT2D eigenvalue weighted by atomic mass is 32.2. The van der Waals surface area contributed by atoms with E-state index in [2.05, 4.69) is 62.8 Å². The lowest BCUT2D eigenvalue weighted by Crippen LogP contribution is -2.59. The van der Waals surface area contributed by atoms with Gasteiger partial charge in [-0.3, -0.25) is 86.7 Å². The number of carbonyl (C=O) groups is 14. The third-order valence-corrected chi connectivity index (χ3v) is 17.3. The fourth-order valence-corrected chi connectivity index (χ4v) is 11.7. The zero-order chi connectivity index (χ0) is 75.9. The molecule has 35 nitrogen and oxygen atoms in total. The first-order valence-electron chi connectivity index (χ1n) is 33.8. The van der Waals surface area contributed by atoms with E-state index in [0.717, 1.165) is 0 Å². The molecule has 0 radical (unpaired) electrons. The number of benzene rings is 2. The van der Waals surface area contributed by atoms with Gasteiger partial charge in [0.1, 0.15) is 42.3 Å². The van der Waals surface area contributed by atoms with Crippen molar-refractivity contribution in [2.24, 2.45) is 23.3 Å². The predicted molar refractivity (Wildman–Crippen MR) is 379 cm³/mol. The number of thioether (sulfide) groups is 1. The van der Waals surface area contributed by atoms with Gasteiger partial charge in [-0.25, -0.2) is 4.98 Å². The van der Waals surface area contributed by atoms with Gasteiger partial charge in [0.05, 0.1) is 45.5 Å². The summed E-state index contributed by atoms with van der Waals surface area (Å²) in [6.45, 7) is 7.98. The van der Waals surface area contributed by atoms with Crippen molar-refractivity contribution in [3.05, 3.63) is 84.1 Å². The van der Waals surface area contributed by atoms with Crippen molar-refractivity contribution >= 4 is 111 Å². The molecule has 0 aliphatic carbocycles. The number of nitrogens with one attached hydrogen (secondary N) is 11. The average Bonchev–Trinajstić information content (AvgIpc) is 1.71. The van der Waals surface area contributed by atoms with Crippen LogP contribution in [0.15, 0.2) is 67.3 Å². The van der Waals surface area contributed by atoms with Gasteiger partial charge in [0.2, 0.25) is 65.0 Å². The first-order chi connectivity index (χ1) is 48.9. The summed E-state index contributed by atoms with van der Waals surface area (Å²) in [5, 5.41) is 53.1. The van der Waals surface area contributed by atoms with Crippen LogP contribution in [0.3, 0.4) is 0 Å². The van der Waals surface area contributed by atoms with Crippen LogP contribution in [0.2, 0.25) is 0 Å². The fraction of sp³-hybridized carbons (Fsp3) is 0.537. The first-order valence-corrected chi connectivity index (χ1v) is 35.2. The molecule has 11 amide bonds. The number of H-pyrrole nitrogens is 2. The van der Waals surface area contributed by atoms with E-state index in [1.807, 2.05) is 20.1 Å². The normalized spacial score (nSPS) is 15.6. The van der Waals surface area contributed by atoms with Crippen LogP contribution in [0, 0.1) is 11.8 Å². The molecular formula is C67H98N18O17S. The Morgan fingerprint density at radius 3 is 1.61 bits per heavy atom. The van der Waals surface area contributed by atoms with Crippen LogP contribution < -0.4 is 59.3 Å². The lowest BCUT2D eigenvalue weighted by Gasteiger charge is -2.32. The summed E-state index contributed by atoms with van der Waals surface area (Å²) in [6, 6.07) is 4.34. The van der Waals surface area contributed by atoms with Crippen LogP contribution in [0.5, 0.6) is 0 Å². The van der Waals surface area contributed by atoms with Gasteiger partial charge in [-0.2, -0.15) is 11.8 Å². The van der Waals surface area contributed by atoms with Gasteiger partial charge in [-0.1, -0.05) is 58.0 Å². The molecule has 2 aromatic carbocycles. The number of primary amides is 2. The number of para-hydroxylation sites is 1. The third-order valence-electron chi connectivity index (χ3n) is 16.7. The zero-order valence-electron chi connectivity index (χ0n) is 58.8. The maximum absolute atomic E-state index is 14.4. The number of hydrogen-bond acceptors (Lipinski definition) is 20. The van der Waals surface area contributed by atoms with E-state index >= 15 is 0 Å². The molecule has 1 aliphatic heterocycles. The van der Waals surface area contributed by atoms with Crippen LogP contribution in [-0.2, 0) is 86.4 Å². The van der Waals surface area contributed by atoms with E-state index in [9.17, 15) is 82.4 Å². The quantitative estimate of drug-likeness (QED) is 0.0212. The van der Waals surface area contributed by atoms with Gasteiger partial charge in [-0.15, -0.1) is 0 Å². The Kier molecular flexibility index (Phi) is 34.4. The summed E-state index contributed by atoms with van der Waals surface area (Å²) in [4.78, 5) is 201. The lowest BCUT2D eigenvalue weighted by atomic mass is 10.0. The molecule has 3 heterocycles. The summed E-state index contributed by atoms with van der Waals surface area (Å²) < 4.78 is 0. The van der Waals surface area contributed by atoms with Crippen molar-refractivity contribution in [1.82, 2.24) is 77.1 Å². The Hall–Kier alpha value is -10.0. The molecule has 0 spiro atoms. The second-order valence-electron chi connectivity index (χ2n) is 26.0. The molecule has 2 aromatic heterocycles. The minimum Gasteiger partial charge on any atom is -0.480 e. The minimum atomic E-state index is -1.44. The van der Waals surface area contributed by atoms with E-state index in [1.165, 1.54) is 43.3 Å². The molecule has 5 rings (SSSR count). The Labute approximate surface area is 600 Å². The van der Waals surface area contributed by atoms with Gasteiger partial charge in [0.25, 0.3) is 0 Å². The number of hydrogen-bond donors (Lipinski definition) is 16. The summed E-state index contributed by atoms with van der Waals surface area (Å²) in [6.07, 6.45) is 5.44. The van der Waals surface area contributed by atoms with E-state index in [1.54, 1.807) is 76.0 Å². The number of aliphatic carboxylic acids is 3. The number of nitrogens with zero attached hydrogens (tertiary/aromatic N) is 5. The summed E-state index contributed by atoms with van der Waals surface area (Å²) in [5.41, 5.74) is 13.6. The molecule has 564 valence electrons. The Morgan fingerprint density at radius 2 is 1.08 bits per heavy atom. The van der Waals surface area contributed by atoms with Crippen molar-refractivity contribution in [2.75, 3.05) is 102 Å². The monoisotopic (exact) mass is 1460 g/mol. The minimum absolute atomic E-state index is 0.105. The molecule has 4 aromatic rings. The topological polar surface area (TPSA) is 517 Å². The molecule has 1 saturated heterocycles. The summed E-state index contributed by atoms with van der Waals surface area (Å²) >= 11 is 1.45. The smallest absolute Gasteiger partial charge is 0.317 e. The maximum atomic E-state index is 14.4. The number of carbonyl (C=O) groups excluding carboxylic acids is 11. The maximum Gasteiger partial charge on any atom is 0.317 e. The number of nitrogens with two attached hydrogens (primary N) is 2. The highest BCUT2D eigenvalue weighted by Gasteiger charge is 2.34. The third kappa shape index (κ3) is 30.2. The van der Waals surface area contributed by atoms with Crippen LogP contribution >= 0.6 is 11.8 Å². The molecule has 1 fully saturated rings. The van der Waals surface area contributed by atoms with Crippen LogP contribution in [0.1, 0.15) is 77.1 Å². The van der Waals surface area contributed by atoms with Crippen LogP contribution in [0.25, 0.3) is 10.9 Å². The number of aromatic amines is 2. The SMILES string of the molecule is CSCC[C@H](NC(=O)[C@H](CC(C)C)NC(=O)[C@H](Cc1cnc[nH]1)NC(=O)CNC(=O)[C@@H](NC(=O)[C@H](C)NC(=O)[C@H](Cc1c[nH]c2ccccc12)NC(=O)[C@H](CCC(N)=O)NC(=O)Cc1ccc(NC(=O)CN2CCN(CC(=O)O)CCN(CC(=O)O)CCN(CC(=O)O)CC2)cc1)C(C)C)C(N)=O. The van der Waals surface area contributed by atoms with Gasteiger partial charge < -0.3 is 84.6 Å². The van der Waals surface area contributed by atoms with Gasteiger partial charge in [0.15, 0.2) is 0 Å². The highest BCUT2D eigenvalue weighted by molar-refractivity contribution is 7.98.